The van der Waals surface area contributed by atoms with Crippen molar-refractivity contribution in [1.82, 2.24) is 20.3 Å². The fourth-order valence-electron chi connectivity index (χ4n) is 3.02. The van der Waals surface area contributed by atoms with E-state index in [1.54, 1.807) is 0 Å². The second kappa shape index (κ2) is 6.66. The van der Waals surface area contributed by atoms with E-state index in [-0.39, 0.29) is 5.92 Å². The first-order valence-corrected chi connectivity index (χ1v) is 8.68. The lowest BCUT2D eigenvalue weighted by atomic mass is 9.97. The molecule has 0 atom stereocenters. The molecule has 2 aromatic heterocycles. The van der Waals surface area contributed by atoms with Crippen molar-refractivity contribution in [3.8, 4) is 11.5 Å². The van der Waals surface area contributed by atoms with Gasteiger partial charge in [-0.05, 0) is 30.1 Å². The summed E-state index contributed by atoms with van der Waals surface area (Å²) in [6, 6.07) is 9.81. The highest BCUT2D eigenvalue weighted by atomic mass is 16.5. The summed E-state index contributed by atoms with van der Waals surface area (Å²) < 4.78 is 10.8. The van der Waals surface area contributed by atoms with Gasteiger partial charge in [-0.25, -0.2) is 0 Å². The van der Waals surface area contributed by atoms with E-state index >= 15 is 0 Å². The predicted octanol–water partition coefficient (Wildman–Crippen LogP) is 3.63. The molecular weight excluding hydrogens is 318 g/mol. The number of piperidine rings is 1. The van der Waals surface area contributed by atoms with E-state index < -0.39 is 0 Å². The zero-order valence-electron chi connectivity index (χ0n) is 14.4. The Hall–Kier alpha value is -2.70. The SMILES string of the molecule is CC(C)c1noc(C2CCN(c3noc(-c4ccccc4)n3)CC2)n1. The van der Waals surface area contributed by atoms with Crippen LogP contribution in [0.1, 0.15) is 50.2 Å². The number of nitrogens with zero attached hydrogens (tertiary/aromatic N) is 5. The highest BCUT2D eigenvalue weighted by Crippen LogP contribution is 2.30. The van der Waals surface area contributed by atoms with Crippen molar-refractivity contribution in [3.63, 3.8) is 0 Å². The zero-order chi connectivity index (χ0) is 17.2. The lowest BCUT2D eigenvalue weighted by Crippen LogP contribution is -2.33. The van der Waals surface area contributed by atoms with Crippen molar-refractivity contribution in [1.29, 1.82) is 0 Å². The van der Waals surface area contributed by atoms with Gasteiger partial charge in [-0.1, -0.05) is 37.2 Å². The maximum absolute atomic E-state index is 5.44. The van der Waals surface area contributed by atoms with E-state index in [4.69, 9.17) is 9.05 Å². The second-order valence-electron chi connectivity index (χ2n) is 6.67. The second-order valence-corrected chi connectivity index (χ2v) is 6.67. The van der Waals surface area contributed by atoms with Crippen LogP contribution in [0.2, 0.25) is 0 Å². The summed E-state index contributed by atoms with van der Waals surface area (Å²) in [7, 11) is 0. The van der Waals surface area contributed by atoms with Gasteiger partial charge in [0, 0.05) is 30.5 Å². The first-order chi connectivity index (χ1) is 12.2. The Bertz CT molecular complexity index is 819. The van der Waals surface area contributed by atoms with E-state index in [9.17, 15) is 0 Å². The Morgan fingerprint density at radius 3 is 2.44 bits per heavy atom. The van der Waals surface area contributed by atoms with Gasteiger partial charge >= 0.3 is 0 Å². The van der Waals surface area contributed by atoms with Crippen LogP contribution in [0.5, 0.6) is 0 Å². The quantitative estimate of drug-likeness (QED) is 0.718. The fourth-order valence-corrected chi connectivity index (χ4v) is 3.02. The molecule has 0 bridgehead atoms. The molecule has 1 aliphatic rings. The molecule has 0 amide bonds. The zero-order valence-corrected chi connectivity index (χ0v) is 14.4. The normalized spacial score (nSPS) is 15.9. The molecule has 0 spiro atoms. The van der Waals surface area contributed by atoms with Gasteiger partial charge in [0.25, 0.3) is 11.8 Å². The molecule has 1 fully saturated rings. The van der Waals surface area contributed by atoms with Gasteiger partial charge in [0.1, 0.15) is 0 Å². The van der Waals surface area contributed by atoms with Crippen LogP contribution in [-0.4, -0.2) is 33.4 Å². The van der Waals surface area contributed by atoms with Gasteiger partial charge < -0.3 is 13.9 Å². The molecule has 3 aromatic rings. The molecular formula is C18H21N5O2. The Labute approximate surface area is 146 Å². The summed E-state index contributed by atoms with van der Waals surface area (Å²) in [5, 5.41) is 8.20. The molecule has 130 valence electrons. The van der Waals surface area contributed by atoms with Crippen LogP contribution in [0.4, 0.5) is 5.95 Å². The van der Waals surface area contributed by atoms with Gasteiger partial charge in [0.15, 0.2) is 5.82 Å². The molecule has 7 nitrogen and oxygen atoms in total. The lowest BCUT2D eigenvalue weighted by molar-refractivity contribution is 0.324. The number of aromatic nitrogens is 4. The largest absolute Gasteiger partial charge is 0.339 e. The van der Waals surface area contributed by atoms with Crippen LogP contribution in [0.3, 0.4) is 0 Å². The summed E-state index contributed by atoms with van der Waals surface area (Å²) in [5.41, 5.74) is 0.934. The van der Waals surface area contributed by atoms with E-state index in [1.807, 2.05) is 30.3 Å². The molecule has 25 heavy (non-hydrogen) atoms. The number of hydrogen-bond acceptors (Lipinski definition) is 7. The summed E-state index contributed by atoms with van der Waals surface area (Å²) in [6.07, 6.45) is 1.88. The molecule has 3 heterocycles. The van der Waals surface area contributed by atoms with Crippen LogP contribution in [0.25, 0.3) is 11.5 Å². The Morgan fingerprint density at radius 2 is 1.76 bits per heavy atom. The van der Waals surface area contributed by atoms with Crippen LogP contribution in [0, 0.1) is 0 Å². The minimum absolute atomic E-state index is 0.285. The predicted molar refractivity (Wildman–Crippen MR) is 92.3 cm³/mol. The number of benzene rings is 1. The topological polar surface area (TPSA) is 81.1 Å². The molecule has 4 rings (SSSR count). The van der Waals surface area contributed by atoms with E-state index in [0.29, 0.717) is 17.8 Å². The highest BCUT2D eigenvalue weighted by Gasteiger charge is 2.27. The summed E-state index contributed by atoms with van der Waals surface area (Å²) in [5.74, 6) is 3.32. The molecule has 0 unspecified atom stereocenters. The van der Waals surface area contributed by atoms with Crippen molar-refractivity contribution in [2.75, 3.05) is 18.0 Å². The van der Waals surface area contributed by atoms with E-state index in [0.717, 1.165) is 43.2 Å². The maximum Gasteiger partial charge on any atom is 0.266 e. The van der Waals surface area contributed by atoms with Crippen LogP contribution in [0.15, 0.2) is 39.4 Å². The number of anilines is 1. The molecule has 0 saturated carbocycles. The van der Waals surface area contributed by atoms with Crippen molar-refractivity contribution < 1.29 is 9.05 Å². The minimum Gasteiger partial charge on any atom is -0.339 e. The van der Waals surface area contributed by atoms with Gasteiger partial charge in [0.2, 0.25) is 5.89 Å². The Balaban J connectivity index is 1.41. The van der Waals surface area contributed by atoms with Crippen LogP contribution >= 0.6 is 0 Å². The first kappa shape index (κ1) is 15.8. The monoisotopic (exact) mass is 339 g/mol. The Kier molecular flexibility index (Phi) is 4.21. The van der Waals surface area contributed by atoms with Crippen LogP contribution in [-0.2, 0) is 0 Å². The van der Waals surface area contributed by atoms with Crippen molar-refractivity contribution in [2.24, 2.45) is 0 Å². The third kappa shape index (κ3) is 3.26. The number of hydrogen-bond donors (Lipinski definition) is 0. The average molecular weight is 339 g/mol. The minimum atomic E-state index is 0.285. The third-order valence-electron chi connectivity index (χ3n) is 4.54. The standard InChI is InChI=1S/C18H21N5O2/c1-12(2)15-19-16(24-21-15)14-8-10-23(11-9-14)18-20-17(25-22-18)13-6-4-3-5-7-13/h3-7,12,14H,8-11H2,1-2H3. The molecule has 0 radical (unpaired) electrons. The molecule has 0 aliphatic carbocycles. The smallest absolute Gasteiger partial charge is 0.266 e. The fraction of sp³-hybridized carbons (Fsp3) is 0.444. The van der Waals surface area contributed by atoms with Gasteiger partial charge in [0.05, 0.1) is 0 Å². The molecule has 1 aromatic carbocycles. The highest BCUT2D eigenvalue weighted by molar-refractivity contribution is 5.54. The van der Waals surface area contributed by atoms with Gasteiger partial charge in [-0.3, -0.25) is 0 Å². The van der Waals surface area contributed by atoms with Gasteiger partial charge in [-0.15, -0.1) is 0 Å². The summed E-state index contributed by atoms with van der Waals surface area (Å²) >= 11 is 0. The summed E-state index contributed by atoms with van der Waals surface area (Å²) in [6.45, 7) is 5.82. The lowest BCUT2D eigenvalue weighted by Gasteiger charge is -2.28. The maximum atomic E-state index is 5.44. The van der Waals surface area contributed by atoms with Crippen molar-refractivity contribution >= 4 is 5.95 Å². The molecule has 0 N–H and O–H groups in total. The van der Waals surface area contributed by atoms with Crippen molar-refractivity contribution in [2.45, 2.75) is 38.5 Å². The van der Waals surface area contributed by atoms with E-state index in [1.165, 1.54) is 0 Å². The number of rotatable bonds is 4. The average Bonchev–Trinajstić information content (AvgIpc) is 3.33. The van der Waals surface area contributed by atoms with Crippen molar-refractivity contribution in [3.05, 3.63) is 42.0 Å². The van der Waals surface area contributed by atoms with Crippen LogP contribution < -0.4 is 4.90 Å². The molecule has 1 saturated heterocycles. The first-order valence-electron chi connectivity index (χ1n) is 8.68. The Morgan fingerprint density at radius 1 is 1.00 bits per heavy atom. The third-order valence-corrected chi connectivity index (χ3v) is 4.54. The van der Waals surface area contributed by atoms with Gasteiger partial charge in [-0.2, -0.15) is 9.97 Å². The molecule has 7 heteroatoms. The van der Waals surface area contributed by atoms with E-state index in [2.05, 4.69) is 39.0 Å². The summed E-state index contributed by atoms with van der Waals surface area (Å²) in [4.78, 5) is 11.2. The molecule has 1 aliphatic heterocycles.